The van der Waals surface area contributed by atoms with Gasteiger partial charge in [0.05, 0.1) is 6.54 Å². The van der Waals surface area contributed by atoms with E-state index in [1.54, 1.807) is 41.0 Å². The van der Waals surface area contributed by atoms with Gasteiger partial charge in [-0.05, 0) is 48.4 Å². The van der Waals surface area contributed by atoms with Crippen LogP contribution in [-0.4, -0.2) is 56.5 Å². The molecule has 0 saturated carbocycles. The molecule has 156 valence electrons. The third-order valence-electron chi connectivity index (χ3n) is 5.25. The molecule has 2 aromatic carbocycles. The summed E-state index contributed by atoms with van der Waals surface area (Å²) in [5.41, 5.74) is 1.65. The van der Waals surface area contributed by atoms with E-state index in [2.05, 4.69) is 10.2 Å². The molecule has 4 rings (SSSR count). The van der Waals surface area contributed by atoms with Crippen molar-refractivity contribution in [3.63, 3.8) is 0 Å². The third kappa shape index (κ3) is 4.83. The van der Waals surface area contributed by atoms with E-state index < -0.39 is 6.10 Å². The van der Waals surface area contributed by atoms with Gasteiger partial charge in [-0.15, -0.1) is 10.2 Å². The molecule has 2 heterocycles. The van der Waals surface area contributed by atoms with Gasteiger partial charge in [0.15, 0.2) is 0 Å². The second-order valence-corrected chi connectivity index (χ2v) is 7.44. The Balaban J connectivity index is 1.29. The highest BCUT2D eigenvalue weighted by molar-refractivity contribution is 5.94. The zero-order chi connectivity index (χ0) is 20.9. The van der Waals surface area contributed by atoms with Gasteiger partial charge < -0.3 is 19.3 Å². The number of rotatable bonds is 7. The normalized spacial score (nSPS) is 17.1. The Morgan fingerprint density at radius 2 is 1.83 bits per heavy atom. The number of aromatic nitrogens is 3. The van der Waals surface area contributed by atoms with E-state index in [0.717, 1.165) is 12.0 Å². The van der Waals surface area contributed by atoms with Crippen LogP contribution in [0.5, 0.6) is 5.75 Å². The third-order valence-corrected chi connectivity index (χ3v) is 5.25. The van der Waals surface area contributed by atoms with Gasteiger partial charge in [0.2, 0.25) is 0 Å². The molecule has 2 atom stereocenters. The molecular weight excluding hydrogens is 387 g/mol. The van der Waals surface area contributed by atoms with Gasteiger partial charge in [-0.25, -0.2) is 4.39 Å². The van der Waals surface area contributed by atoms with Crippen molar-refractivity contribution in [3.8, 4) is 5.75 Å². The SMILES string of the molecule is O=C(c1ccc(OCC(O)Cn2cnnc2)cc1)N1CCC(c2ccc(F)cc2)C1. The molecule has 8 heteroatoms. The Kier molecular flexibility index (Phi) is 6.04. The van der Waals surface area contributed by atoms with Crippen molar-refractivity contribution in [2.45, 2.75) is 25.0 Å². The van der Waals surface area contributed by atoms with Crippen molar-refractivity contribution < 1.29 is 19.0 Å². The first-order chi connectivity index (χ1) is 14.6. The predicted octanol–water partition coefficient (Wildman–Crippen LogP) is 2.49. The standard InChI is InChI=1S/C22H23FN4O3/c23-19-5-1-16(2-6-19)18-9-10-27(11-18)22(29)17-3-7-21(8-4-17)30-13-20(28)12-26-14-24-25-15-26/h1-8,14-15,18,20,28H,9-13H2. The molecule has 2 unspecified atom stereocenters. The molecule has 0 radical (unpaired) electrons. The van der Waals surface area contributed by atoms with Crippen LogP contribution in [0.3, 0.4) is 0 Å². The number of ether oxygens (including phenoxy) is 1. The fourth-order valence-electron chi connectivity index (χ4n) is 3.63. The Bertz CT molecular complexity index is 961. The van der Waals surface area contributed by atoms with Gasteiger partial charge >= 0.3 is 0 Å². The van der Waals surface area contributed by atoms with E-state index in [9.17, 15) is 14.3 Å². The largest absolute Gasteiger partial charge is 0.491 e. The van der Waals surface area contributed by atoms with Gasteiger partial charge in [-0.3, -0.25) is 4.79 Å². The number of nitrogens with zero attached hydrogens (tertiary/aromatic N) is 4. The number of hydrogen-bond donors (Lipinski definition) is 1. The quantitative estimate of drug-likeness (QED) is 0.647. The summed E-state index contributed by atoms with van der Waals surface area (Å²) in [7, 11) is 0. The number of likely N-dealkylation sites (tertiary alicyclic amines) is 1. The van der Waals surface area contributed by atoms with Crippen molar-refractivity contribution in [2.24, 2.45) is 0 Å². The molecule has 1 N–H and O–H groups in total. The van der Waals surface area contributed by atoms with Crippen LogP contribution in [0.4, 0.5) is 4.39 Å². The maximum atomic E-state index is 13.1. The van der Waals surface area contributed by atoms with Crippen LogP contribution in [0.2, 0.25) is 0 Å². The fraction of sp³-hybridized carbons (Fsp3) is 0.318. The van der Waals surface area contributed by atoms with E-state index in [1.165, 1.54) is 24.8 Å². The minimum atomic E-state index is -0.699. The minimum absolute atomic E-state index is 0.0289. The number of aliphatic hydroxyl groups excluding tert-OH is 1. The van der Waals surface area contributed by atoms with Crippen LogP contribution >= 0.6 is 0 Å². The number of aliphatic hydroxyl groups is 1. The molecule has 1 saturated heterocycles. The molecular formula is C22H23FN4O3. The first-order valence-corrected chi connectivity index (χ1v) is 9.86. The molecule has 0 aliphatic carbocycles. The summed E-state index contributed by atoms with van der Waals surface area (Å²) >= 11 is 0. The monoisotopic (exact) mass is 410 g/mol. The van der Waals surface area contributed by atoms with E-state index in [1.807, 2.05) is 4.90 Å². The van der Waals surface area contributed by atoms with Gasteiger partial charge in [-0.2, -0.15) is 0 Å². The van der Waals surface area contributed by atoms with E-state index in [-0.39, 0.29) is 24.2 Å². The maximum Gasteiger partial charge on any atom is 0.253 e. The first-order valence-electron chi connectivity index (χ1n) is 9.86. The Labute approximate surface area is 173 Å². The van der Waals surface area contributed by atoms with E-state index in [4.69, 9.17) is 4.74 Å². The lowest BCUT2D eigenvalue weighted by Crippen LogP contribution is -2.28. The summed E-state index contributed by atoms with van der Waals surface area (Å²) < 4.78 is 20.4. The number of carbonyl (C=O) groups excluding carboxylic acids is 1. The van der Waals surface area contributed by atoms with E-state index in [0.29, 0.717) is 30.9 Å². The molecule has 1 amide bonds. The van der Waals surface area contributed by atoms with Crippen LogP contribution in [0.15, 0.2) is 61.2 Å². The zero-order valence-electron chi connectivity index (χ0n) is 16.4. The van der Waals surface area contributed by atoms with Crippen LogP contribution < -0.4 is 4.74 Å². The van der Waals surface area contributed by atoms with Crippen molar-refractivity contribution in [2.75, 3.05) is 19.7 Å². The second-order valence-electron chi connectivity index (χ2n) is 7.44. The minimum Gasteiger partial charge on any atom is -0.491 e. The molecule has 1 fully saturated rings. The lowest BCUT2D eigenvalue weighted by molar-refractivity contribution is 0.0790. The lowest BCUT2D eigenvalue weighted by atomic mass is 9.99. The molecule has 0 bridgehead atoms. The van der Waals surface area contributed by atoms with Crippen LogP contribution in [0.25, 0.3) is 0 Å². The van der Waals surface area contributed by atoms with Crippen molar-refractivity contribution in [1.82, 2.24) is 19.7 Å². The molecule has 3 aromatic rings. The molecule has 7 nitrogen and oxygen atoms in total. The number of amides is 1. The van der Waals surface area contributed by atoms with E-state index >= 15 is 0 Å². The maximum absolute atomic E-state index is 13.1. The highest BCUT2D eigenvalue weighted by Gasteiger charge is 2.28. The highest BCUT2D eigenvalue weighted by Crippen LogP contribution is 2.28. The van der Waals surface area contributed by atoms with Crippen molar-refractivity contribution >= 4 is 5.91 Å². The summed E-state index contributed by atoms with van der Waals surface area (Å²) in [6.07, 6.45) is 3.23. The summed E-state index contributed by atoms with van der Waals surface area (Å²) in [6.45, 7) is 1.76. The average molecular weight is 410 g/mol. The van der Waals surface area contributed by atoms with Crippen LogP contribution in [-0.2, 0) is 6.54 Å². The second kappa shape index (κ2) is 9.04. The Morgan fingerprint density at radius 3 is 2.53 bits per heavy atom. The van der Waals surface area contributed by atoms with Crippen LogP contribution in [0, 0.1) is 5.82 Å². The Hall–Kier alpha value is -3.26. The lowest BCUT2D eigenvalue weighted by Gasteiger charge is -2.17. The fourth-order valence-corrected chi connectivity index (χ4v) is 3.63. The summed E-state index contributed by atoms with van der Waals surface area (Å²) in [5, 5.41) is 17.4. The number of benzene rings is 2. The highest BCUT2D eigenvalue weighted by atomic mass is 19.1. The topological polar surface area (TPSA) is 80.5 Å². The summed E-state index contributed by atoms with van der Waals surface area (Å²) in [5.74, 6) is 0.529. The van der Waals surface area contributed by atoms with Gasteiger partial charge in [0.1, 0.15) is 36.9 Å². The summed E-state index contributed by atoms with van der Waals surface area (Å²) in [4.78, 5) is 14.6. The van der Waals surface area contributed by atoms with Crippen molar-refractivity contribution in [3.05, 3.63) is 78.1 Å². The molecule has 1 aromatic heterocycles. The number of halogens is 1. The number of hydrogen-bond acceptors (Lipinski definition) is 5. The molecule has 30 heavy (non-hydrogen) atoms. The number of carbonyl (C=O) groups is 1. The van der Waals surface area contributed by atoms with Crippen molar-refractivity contribution in [1.29, 1.82) is 0 Å². The summed E-state index contributed by atoms with van der Waals surface area (Å²) in [6, 6.07) is 13.4. The first kappa shape index (κ1) is 20.0. The van der Waals surface area contributed by atoms with Gasteiger partial charge in [0, 0.05) is 24.6 Å². The average Bonchev–Trinajstić information content (AvgIpc) is 3.45. The van der Waals surface area contributed by atoms with Crippen LogP contribution in [0.1, 0.15) is 28.3 Å². The molecule has 0 spiro atoms. The predicted molar refractivity (Wildman–Crippen MR) is 108 cm³/mol. The smallest absolute Gasteiger partial charge is 0.253 e. The zero-order valence-corrected chi connectivity index (χ0v) is 16.4. The van der Waals surface area contributed by atoms with Gasteiger partial charge in [0.25, 0.3) is 5.91 Å². The molecule has 1 aliphatic rings. The molecule has 1 aliphatic heterocycles. The Morgan fingerprint density at radius 1 is 1.13 bits per heavy atom. The van der Waals surface area contributed by atoms with Gasteiger partial charge in [-0.1, -0.05) is 12.1 Å².